The maximum Gasteiger partial charge on any atom is 0.00960 e. The lowest BCUT2D eigenvalue weighted by atomic mass is 9.80. The van der Waals surface area contributed by atoms with Gasteiger partial charge in [0, 0.05) is 10.7 Å². The van der Waals surface area contributed by atoms with Crippen molar-refractivity contribution in [2.75, 3.05) is 22.2 Å². The van der Waals surface area contributed by atoms with Gasteiger partial charge in [-0.15, -0.1) is 0 Å². The molecule has 0 aliphatic rings. The normalized spacial score (nSPS) is 12.4. The molecule has 0 aromatic carbocycles. The molecular weight excluding hydrogens is 336 g/mol. The minimum Gasteiger partial charge on any atom is -0.162 e. The van der Waals surface area contributed by atoms with E-state index in [-0.39, 0.29) is 0 Å². The predicted molar refractivity (Wildman–Crippen MR) is 81.7 cm³/mol. The average molecular weight is 360 g/mol. The number of hydrogen-bond acceptors (Lipinski definition) is 1. The second-order valence-corrected chi connectivity index (χ2v) is 7.18. The largest absolute Gasteiger partial charge is 0.162 e. The molecule has 0 unspecified atom stereocenters. The molecule has 0 aromatic heterocycles. The van der Waals surface area contributed by atoms with E-state index in [1.807, 2.05) is 0 Å². The Kier molecular flexibility index (Phi) is 10.2. The first-order valence-corrected chi connectivity index (χ1v) is 9.19. The third kappa shape index (κ3) is 7.27. The molecule has 0 N–H and O–H groups in total. The molecule has 3 heteroatoms. The van der Waals surface area contributed by atoms with E-state index < -0.39 is 0 Å². The average Bonchev–Trinajstić information content (AvgIpc) is 2.22. The van der Waals surface area contributed by atoms with Crippen molar-refractivity contribution in [2.45, 2.75) is 40.0 Å². The highest BCUT2D eigenvalue weighted by Crippen LogP contribution is 2.36. The molecule has 0 rings (SSSR count). The van der Waals surface area contributed by atoms with Crippen LogP contribution in [0.5, 0.6) is 0 Å². The van der Waals surface area contributed by atoms with Crippen LogP contribution in [0.15, 0.2) is 0 Å². The van der Waals surface area contributed by atoms with Crippen molar-refractivity contribution >= 4 is 43.6 Å². The molecule has 15 heavy (non-hydrogen) atoms. The Hall–Kier alpha value is 1.31. The van der Waals surface area contributed by atoms with E-state index in [1.165, 1.54) is 30.8 Å². The van der Waals surface area contributed by atoms with E-state index in [2.05, 4.69) is 64.4 Å². The molecule has 0 aliphatic heterocycles. The van der Waals surface area contributed by atoms with Gasteiger partial charge in [-0.1, -0.05) is 52.6 Å². The Morgan fingerprint density at radius 3 is 2.20 bits per heavy atom. The summed E-state index contributed by atoms with van der Waals surface area (Å²) in [5.74, 6) is 3.36. The molecule has 0 bridgehead atoms. The van der Waals surface area contributed by atoms with Crippen molar-refractivity contribution in [1.29, 1.82) is 0 Å². The summed E-state index contributed by atoms with van der Waals surface area (Å²) >= 11 is 9.45. The first kappa shape index (κ1) is 16.3. The third-order valence-corrected chi connectivity index (χ3v) is 5.97. The highest BCUT2D eigenvalue weighted by atomic mass is 79.9. The van der Waals surface area contributed by atoms with Gasteiger partial charge in [0.25, 0.3) is 0 Å². The van der Waals surface area contributed by atoms with Gasteiger partial charge < -0.3 is 0 Å². The van der Waals surface area contributed by atoms with Crippen molar-refractivity contribution in [3.63, 3.8) is 0 Å². The zero-order valence-corrected chi connectivity index (χ0v) is 14.2. The lowest BCUT2D eigenvalue weighted by molar-refractivity contribution is 0.282. The van der Waals surface area contributed by atoms with Crippen LogP contribution in [0.1, 0.15) is 40.0 Å². The number of halogens is 2. The van der Waals surface area contributed by atoms with Crippen LogP contribution < -0.4 is 0 Å². The summed E-state index contributed by atoms with van der Waals surface area (Å²) in [6, 6.07) is 0. The lowest BCUT2D eigenvalue weighted by Gasteiger charge is -2.32. The van der Waals surface area contributed by atoms with Crippen LogP contribution in [-0.4, -0.2) is 22.2 Å². The number of hydrogen-bond donors (Lipinski definition) is 0. The van der Waals surface area contributed by atoms with Crippen LogP contribution in [0, 0.1) is 11.3 Å². The van der Waals surface area contributed by atoms with E-state index in [4.69, 9.17) is 0 Å². The standard InChI is InChI=1S/C12H24Br2S/c1-4-15-7-5-6-12(9-13,10-14)8-11(2)3/h11H,4-10H2,1-3H3. The Bertz CT molecular complexity index is 145. The van der Waals surface area contributed by atoms with Gasteiger partial charge in [0.15, 0.2) is 0 Å². The maximum absolute atomic E-state index is 3.69. The SMILES string of the molecule is CCSCCCC(CBr)(CBr)CC(C)C. The van der Waals surface area contributed by atoms with Crippen molar-refractivity contribution in [3.8, 4) is 0 Å². The molecule has 0 saturated carbocycles. The van der Waals surface area contributed by atoms with Crippen LogP contribution in [0.4, 0.5) is 0 Å². The van der Waals surface area contributed by atoms with Crippen LogP contribution in [0.2, 0.25) is 0 Å². The molecule has 0 radical (unpaired) electrons. The molecule has 0 nitrogen and oxygen atoms in total. The number of alkyl halides is 2. The molecule has 0 aliphatic carbocycles. The fraction of sp³-hybridized carbons (Fsp3) is 1.00. The van der Waals surface area contributed by atoms with E-state index in [1.54, 1.807) is 0 Å². The van der Waals surface area contributed by atoms with Gasteiger partial charge in [0.1, 0.15) is 0 Å². The summed E-state index contributed by atoms with van der Waals surface area (Å²) < 4.78 is 0. The topological polar surface area (TPSA) is 0 Å². The second kappa shape index (κ2) is 9.35. The summed E-state index contributed by atoms with van der Waals surface area (Å²) in [5, 5.41) is 2.25. The zero-order chi connectivity index (χ0) is 11.7. The molecule has 0 atom stereocenters. The molecule has 0 fully saturated rings. The van der Waals surface area contributed by atoms with Crippen LogP contribution >= 0.6 is 43.6 Å². The van der Waals surface area contributed by atoms with E-state index in [0.29, 0.717) is 5.41 Å². The summed E-state index contributed by atoms with van der Waals surface area (Å²) in [6.07, 6.45) is 4.01. The Morgan fingerprint density at radius 1 is 1.20 bits per heavy atom. The molecule has 0 heterocycles. The Morgan fingerprint density at radius 2 is 1.80 bits per heavy atom. The van der Waals surface area contributed by atoms with Gasteiger partial charge in [-0.3, -0.25) is 0 Å². The van der Waals surface area contributed by atoms with Crippen molar-refractivity contribution < 1.29 is 0 Å². The third-order valence-electron chi connectivity index (χ3n) is 2.61. The lowest BCUT2D eigenvalue weighted by Crippen LogP contribution is -2.27. The predicted octanol–water partition coefficient (Wildman–Crippen LogP) is 5.34. The van der Waals surface area contributed by atoms with Gasteiger partial charge in [0.2, 0.25) is 0 Å². The van der Waals surface area contributed by atoms with Crippen LogP contribution in [0.25, 0.3) is 0 Å². The number of thioether (sulfide) groups is 1. The van der Waals surface area contributed by atoms with Gasteiger partial charge in [-0.25, -0.2) is 0 Å². The Labute approximate surface area is 117 Å². The summed E-state index contributed by atoms with van der Waals surface area (Å²) in [7, 11) is 0. The highest BCUT2D eigenvalue weighted by molar-refractivity contribution is 9.09. The first-order valence-electron chi connectivity index (χ1n) is 5.80. The number of rotatable bonds is 9. The van der Waals surface area contributed by atoms with Gasteiger partial charge in [-0.2, -0.15) is 11.8 Å². The molecule has 0 spiro atoms. The first-order chi connectivity index (χ1) is 7.10. The summed E-state index contributed by atoms with van der Waals surface area (Å²) in [4.78, 5) is 0. The van der Waals surface area contributed by atoms with Gasteiger partial charge in [-0.05, 0) is 42.1 Å². The van der Waals surface area contributed by atoms with E-state index in [9.17, 15) is 0 Å². The molecular formula is C12H24Br2S. The summed E-state index contributed by atoms with van der Waals surface area (Å²) in [6.45, 7) is 6.88. The van der Waals surface area contributed by atoms with Gasteiger partial charge >= 0.3 is 0 Å². The van der Waals surface area contributed by atoms with E-state index >= 15 is 0 Å². The summed E-state index contributed by atoms with van der Waals surface area (Å²) in [5.41, 5.74) is 0.475. The van der Waals surface area contributed by atoms with Crippen molar-refractivity contribution in [3.05, 3.63) is 0 Å². The quantitative estimate of drug-likeness (QED) is 0.395. The van der Waals surface area contributed by atoms with Crippen molar-refractivity contribution in [2.24, 2.45) is 11.3 Å². The monoisotopic (exact) mass is 358 g/mol. The maximum atomic E-state index is 3.69. The molecule has 0 aromatic rings. The minimum absolute atomic E-state index is 0.475. The van der Waals surface area contributed by atoms with Crippen molar-refractivity contribution in [1.82, 2.24) is 0 Å². The second-order valence-electron chi connectivity index (χ2n) is 4.67. The fourth-order valence-electron chi connectivity index (χ4n) is 1.94. The van der Waals surface area contributed by atoms with Gasteiger partial charge in [0.05, 0.1) is 0 Å². The highest BCUT2D eigenvalue weighted by Gasteiger charge is 2.28. The smallest absolute Gasteiger partial charge is 0.00960 e. The van der Waals surface area contributed by atoms with Crippen LogP contribution in [0.3, 0.4) is 0 Å². The van der Waals surface area contributed by atoms with Crippen LogP contribution in [-0.2, 0) is 0 Å². The molecule has 0 amide bonds. The fourth-order valence-corrected chi connectivity index (χ4v) is 4.52. The Balaban J connectivity index is 4.00. The minimum atomic E-state index is 0.475. The molecule has 92 valence electrons. The van der Waals surface area contributed by atoms with E-state index in [0.717, 1.165) is 16.6 Å². The molecule has 0 saturated heterocycles. The zero-order valence-electron chi connectivity index (χ0n) is 10.2.